The third-order valence-corrected chi connectivity index (χ3v) is 4.83. The van der Waals surface area contributed by atoms with Crippen molar-refractivity contribution in [3.05, 3.63) is 22.4 Å². The van der Waals surface area contributed by atoms with Crippen molar-refractivity contribution in [1.82, 2.24) is 10.2 Å². The van der Waals surface area contributed by atoms with Gasteiger partial charge in [-0.05, 0) is 24.9 Å². The average Bonchev–Trinajstić information content (AvgIpc) is 3.02. The van der Waals surface area contributed by atoms with Crippen molar-refractivity contribution in [3.8, 4) is 0 Å². The zero-order valence-electron chi connectivity index (χ0n) is 11.2. The summed E-state index contributed by atoms with van der Waals surface area (Å²) in [5, 5.41) is 4.99. The van der Waals surface area contributed by atoms with Crippen LogP contribution < -0.4 is 5.32 Å². The Balaban J connectivity index is 1.41. The fraction of sp³-hybridized carbons (Fsp3) is 0.643. The second kappa shape index (κ2) is 5.61. The van der Waals surface area contributed by atoms with Crippen LogP contribution in [0, 0.1) is 5.92 Å². The second-order valence-electron chi connectivity index (χ2n) is 5.57. The molecule has 0 saturated carbocycles. The van der Waals surface area contributed by atoms with Gasteiger partial charge in [-0.25, -0.2) is 0 Å². The molecule has 2 aliphatic rings. The van der Waals surface area contributed by atoms with Gasteiger partial charge >= 0.3 is 0 Å². The van der Waals surface area contributed by atoms with E-state index in [1.54, 1.807) is 11.3 Å². The molecular weight excluding hydrogens is 260 g/mol. The molecular formula is C14H20N2O2S. The Morgan fingerprint density at radius 2 is 2.47 bits per heavy atom. The largest absolute Gasteiger partial charge is 0.373 e. The van der Waals surface area contributed by atoms with Crippen LogP contribution in [-0.2, 0) is 16.1 Å². The Hall–Kier alpha value is -0.910. The van der Waals surface area contributed by atoms with Gasteiger partial charge in [0.05, 0.1) is 25.2 Å². The Morgan fingerprint density at radius 3 is 3.21 bits per heavy atom. The summed E-state index contributed by atoms with van der Waals surface area (Å²) in [5.41, 5.74) is 0. The zero-order chi connectivity index (χ0) is 13.2. The minimum atomic E-state index is 0.103. The smallest absolute Gasteiger partial charge is 0.222 e. The monoisotopic (exact) mass is 280 g/mol. The Bertz CT molecular complexity index is 421. The Kier molecular flexibility index (Phi) is 3.86. The van der Waals surface area contributed by atoms with Gasteiger partial charge in [0, 0.05) is 23.9 Å². The number of likely N-dealkylation sites (tertiary alicyclic amines) is 1. The lowest BCUT2D eigenvalue weighted by molar-refractivity contribution is -0.123. The topological polar surface area (TPSA) is 41.6 Å². The molecule has 1 amide bonds. The summed E-state index contributed by atoms with van der Waals surface area (Å²) in [4.78, 5) is 15.4. The molecule has 3 atom stereocenters. The molecule has 1 N–H and O–H groups in total. The molecule has 19 heavy (non-hydrogen) atoms. The highest BCUT2D eigenvalue weighted by molar-refractivity contribution is 7.09. The standard InChI is InChI=1S/C14H20N2O2S/c1-16-8-10-5-11(18-13(10)9-16)6-14(17)15-7-12-3-2-4-19-12/h2-4,10-11,13H,5-9H2,1H3,(H,15,17)/t10-,11-,13+/m0/s1. The fourth-order valence-electron chi connectivity index (χ4n) is 3.08. The summed E-state index contributed by atoms with van der Waals surface area (Å²) >= 11 is 1.67. The van der Waals surface area contributed by atoms with E-state index in [0.717, 1.165) is 19.5 Å². The van der Waals surface area contributed by atoms with Crippen LogP contribution in [0.1, 0.15) is 17.7 Å². The molecule has 104 valence electrons. The maximum Gasteiger partial charge on any atom is 0.222 e. The number of ether oxygens (including phenoxy) is 1. The van der Waals surface area contributed by atoms with Gasteiger partial charge in [0.15, 0.2) is 0 Å². The third kappa shape index (κ3) is 3.16. The molecule has 1 aromatic heterocycles. The number of carbonyl (C=O) groups is 1. The normalized spacial score (nSPS) is 30.5. The predicted octanol–water partition coefficient (Wildman–Crippen LogP) is 1.47. The predicted molar refractivity (Wildman–Crippen MR) is 75.0 cm³/mol. The van der Waals surface area contributed by atoms with Gasteiger partial charge in [-0.2, -0.15) is 0 Å². The lowest BCUT2D eigenvalue weighted by atomic mass is 10.0. The number of fused-ring (bicyclic) bond motifs is 1. The highest BCUT2D eigenvalue weighted by Gasteiger charge is 2.41. The number of amides is 1. The molecule has 5 heteroatoms. The molecule has 0 unspecified atom stereocenters. The first-order valence-corrected chi connectivity index (χ1v) is 7.72. The first-order chi connectivity index (χ1) is 9.20. The number of hydrogen-bond donors (Lipinski definition) is 1. The van der Waals surface area contributed by atoms with E-state index in [-0.39, 0.29) is 12.0 Å². The highest BCUT2D eigenvalue weighted by atomic mass is 32.1. The first-order valence-electron chi connectivity index (χ1n) is 6.84. The molecule has 1 aromatic rings. The molecule has 0 radical (unpaired) electrons. The van der Waals surface area contributed by atoms with Gasteiger partial charge in [-0.3, -0.25) is 4.79 Å². The molecule has 0 spiro atoms. The first kappa shape index (κ1) is 13.1. The van der Waals surface area contributed by atoms with E-state index in [1.165, 1.54) is 4.88 Å². The number of nitrogens with zero attached hydrogens (tertiary/aromatic N) is 1. The SMILES string of the molecule is CN1C[C@@H]2C[C@@H](CC(=O)NCc3cccs3)O[C@@H]2C1. The van der Waals surface area contributed by atoms with Crippen LogP contribution in [0.2, 0.25) is 0 Å². The summed E-state index contributed by atoms with van der Waals surface area (Å²) in [5.74, 6) is 0.729. The minimum Gasteiger partial charge on any atom is -0.373 e. The van der Waals surface area contributed by atoms with Gasteiger partial charge < -0.3 is 15.0 Å². The van der Waals surface area contributed by atoms with Crippen molar-refractivity contribution < 1.29 is 9.53 Å². The van der Waals surface area contributed by atoms with Gasteiger partial charge in [-0.1, -0.05) is 6.07 Å². The Labute approximate surface area is 117 Å². The molecule has 2 aliphatic heterocycles. The van der Waals surface area contributed by atoms with Crippen LogP contribution in [-0.4, -0.2) is 43.2 Å². The van der Waals surface area contributed by atoms with E-state index >= 15 is 0 Å². The van der Waals surface area contributed by atoms with Gasteiger partial charge in [0.25, 0.3) is 0 Å². The van der Waals surface area contributed by atoms with Gasteiger partial charge in [-0.15, -0.1) is 11.3 Å². The van der Waals surface area contributed by atoms with E-state index in [1.807, 2.05) is 17.5 Å². The molecule has 2 fully saturated rings. The summed E-state index contributed by atoms with van der Waals surface area (Å²) in [6.07, 6.45) is 2.00. The number of likely N-dealkylation sites (N-methyl/N-ethyl adjacent to an activating group) is 1. The van der Waals surface area contributed by atoms with Crippen molar-refractivity contribution >= 4 is 17.2 Å². The van der Waals surface area contributed by atoms with Crippen molar-refractivity contribution in [2.45, 2.75) is 31.6 Å². The zero-order valence-corrected chi connectivity index (χ0v) is 12.0. The highest BCUT2D eigenvalue weighted by Crippen LogP contribution is 2.33. The molecule has 4 nitrogen and oxygen atoms in total. The third-order valence-electron chi connectivity index (χ3n) is 3.95. The summed E-state index contributed by atoms with van der Waals surface area (Å²) < 4.78 is 5.96. The average molecular weight is 280 g/mol. The molecule has 0 aromatic carbocycles. The molecule has 3 heterocycles. The minimum absolute atomic E-state index is 0.103. The number of rotatable bonds is 4. The fourth-order valence-corrected chi connectivity index (χ4v) is 3.72. The second-order valence-corrected chi connectivity index (χ2v) is 6.61. The van der Waals surface area contributed by atoms with Crippen LogP contribution in [0.3, 0.4) is 0 Å². The molecule has 0 bridgehead atoms. The number of carbonyl (C=O) groups excluding carboxylic acids is 1. The number of hydrogen-bond acceptors (Lipinski definition) is 4. The maximum absolute atomic E-state index is 11.9. The van der Waals surface area contributed by atoms with Crippen molar-refractivity contribution in [3.63, 3.8) is 0 Å². The van der Waals surface area contributed by atoms with Gasteiger partial charge in [0.2, 0.25) is 5.91 Å². The van der Waals surface area contributed by atoms with E-state index in [4.69, 9.17) is 4.74 Å². The van der Waals surface area contributed by atoms with Crippen LogP contribution in [0.5, 0.6) is 0 Å². The van der Waals surface area contributed by atoms with Crippen LogP contribution in [0.15, 0.2) is 17.5 Å². The van der Waals surface area contributed by atoms with Crippen LogP contribution in [0.4, 0.5) is 0 Å². The molecule has 2 saturated heterocycles. The summed E-state index contributed by atoms with van der Waals surface area (Å²) in [7, 11) is 2.13. The van der Waals surface area contributed by atoms with Crippen molar-refractivity contribution in [2.24, 2.45) is 5.92 Å². The Morgan fingerprint density at radius 1 is 1.58 bits per heavy atom. The maximum atomic E-state index is 11.9. The quantitative estimate of drug-likeness (QED) is 0.908. The van der Waals surface area contributed by atoms with E-state index in [0.29, 0.717) is 25.0 Å². The summed E-state index contributed by atoms with van der Waals surface area (Å²) in [6.45, 7) is 2.76. The van der Waals surface area contributed by atoms with Crippen molar-refractivity contribution in [1.29, 1.82) is 0 Å². The lowest BCUT2D eigenvalue weighted by Gasteiger charge is -2.14. The van der Waals surface area contributed by atoms with Crippen molar-refractivity contribution in [2.75, 3.05) is 20.1 Å². The molecule has 3 rings (SSSR count). The van der Waals surface area contributed by atoms with E-state index in [2.05, 4.69) is 17.3 Å². The molecule has 0 aliphatic carbocycles. The van der Waals surface area contributed by atoms with Crippen LogP contribution in [0.25, 0.3) is 0 Å². The number of nitrogens with one attached hydrogen (secondary N) is 1. The van der Waals surface area contributed by atoms with Gasteiger partial charge in [0.1, 0.15) is 0 Å². The van der Waals surface area contributed by atoms with E-state index in [9.17, 15) is 4.79 Å². The van der Waals surface area contributed by atoms with Crippen LogP contribution >= 0.6 is 11.3 Å². The lowest BCUT2D eigenvalue weighted by Crippen LogP contribution is -2.28. The van der Waals surface area contributed by atoms with E-state index < -0.39 is 0 Å². The number of thiophene rings is 1. The summed E-state index contributed by atoms with van der Waals surface area (Å²) in [6, 6.07) is 4.04.